The summed E-state index contributed by atoms with van der Waals surface area (Å²) in [4.78, 5) is 12.3. The summed E-state index contributed by atoms with van der Waals surface area (Å²) in [6.07, 6.45) is 1.02. The zero-order chi connectivity index (χ0) is 18.5. The molecule has 0 radical (unpaired) electrons. The van der Waals surface area contributed by atoms with Gasteiger partial charge in [0.05, 0.1) is 11.9 Å². The van der Waals surface area contributed by atoms with E-state index in [1.54, 1.807) is 11.8 Å². The van der Waals surface area contributed by atoms with Crippen LogP contribution in [0, 0.1) is 5.82 Å². The Morgan fingerprint density at radius 1 is 1.29 bits per heavy atom. The summed E-state index contributed by atoms with van der Waals surface area (Å²) >= 11 is 1.71. The maximum absolute atomic E-state index is 13.1. The van der Waals surface area contributed by atoms with E-state index in [0.29, 0.717) is 6.54 Å². The molecule has 0 bridgehead atoms. The number of hydrogen-bond acceptors (Lipinski definition) is 4. The van der Waals surface area contributed by atoms with E-state index in [-0.39, 0.29) is 16.3 Å². The second-order valence-corrected chi connectivity index (χ2v) is 10.2. The fourth-order valence-corrected chi connectivity index (χ4v) is 4.07. The smallest absolute Gasteiger partial charge is 0.243 e. The van der Waals surface area contributed by atoms with Gasteiger partial charge in [0.2, 0.25) is 15.9 Å². The van der Waals surface area contributed by atoms with E-state index in [0.717, 1.165) is 28.4 Å². The van der Waals surface area contributed by atoms with Gasteiger partial charge in [0.1, 0.15) is 11.9 Å². The molecule has 0 fully saturated rings. The Labute approximate surface area is 148 Å². The molecular weight excluding hydrogens is 351 g/mol. The number of amides is 1. The molecule has 1 aromatic carbocycles. The first-order valence-corrected chi connectivity index (χ1v) is 10.4. The molecule has 1 N–H and O–H groups in total. The molecule has 0 unspecified atom stereocenters. The van der Waals surface area contributed by atoms with Crippen LogP contribution in [0.25, 0.3) is 0 Å². The summed E-state index contributed by atoms with van der Waals surface area (Å²) in [6, 6.07) is 4.09. The van der Waals surface area contributed by atoms with Crippen LogP contribution >= 0.6 is 11.8 Å². The van der Waals surface area contributed by atoms with Crippen molar-refractivity contribution in [1.82, 2.24) is 5.32 Å². The molecule has 0 heterocycles. The minimum absolute atomic E-state index is 0.100. The standard InChI is InChI=1S/C16H25FN2O3S2/c1-12(15(20)18-10-11-23-16(2,3)4)19(24(5,21)22)14-8-6-13(17)7-9-14/h6-9,12H,10-11H2,1-5H3,(H,18,20)/t12-/m0/s1. The molecule has 0 aliphatic carbocycles. The van der Waals surface area contributed by atoms with Crippen molar-refractivity contribution >= 4 is 33.4 Å². The Morgan fingerprint density at radius 2 is 1.83 bits per heavy atom. The Kier molecular flexibility index (Phi) is 7.10. The highest BCUT2D eigenvalue weighted by Gasteiger charge is 2.28. The van der Waals surface area contributed by atoms with Crippen LogP contribution in [0.15, 0.2) is 24.3 Å². The summed E-state index contributed by atoms with van der Waals surface area (Å²) < 4.78 is 38.3. The van der Waals surface area contributed by atoms with Crippen LogP contribution in [0.3, 0.4) is 0 Å². The number of carbonyl (C=O) groups excluding carboxylic acids is 1. The van der Waals surface area contributed by atoms with Crippen LogP contribution in [-0.2, 0) is 14.8 Å². The van der Waals surface area contributed by atoms with Crippen LogP contribution in [-0.4, -0.2) is 43.7 Å². The van der Waals surface area contributed by atoms with Gasteiger partial charge in [-0.1, -0.05) is 20.8 Å². The van der Waals surface area contributed by atoms with Gasteiger partial charge in [-0.3, -0.25) is 9.10 Å². The first kappa shape index (κ1) is 20.8. The number of carbonyl (C=O) groups is 1. The quantitative estimate of drug-likeness (QED) is 0.743. The number of sulfonamides is 1. The minimum Gasteiger partial charge on any atom is -0.353 e. The van der Waals surface area contributed by atoms with Crippen molar-refractivity contribution in [3.63, 3.8) is 0 Å². The maximum Gasteiger partial charge on any atom is 0.243 e. The summed E-state index contributed by atoms with van der Waals surface area (Å²) in [5.74, 6) is -0.125. The lowest BCUT2D eigenvalue weighted by molar-refractivity contribution is -0.121. The number of nitrogens with one attached hydrogen (secondary N) is 1. The fourth-order valence-electron chi connectivity index (χ4n) is 2.08. The molecule has 1 atom stereocenters. The molecular formula is C16H25FN2O3S2. The minimum atomic E-state index is -3.68. The third-order valence-corrected chi connectivity index (χ3v) is 5.62. The second-order valence-electron chi connectivity index (χ2n) is 6.46. The number of thioether (sulfide) groups is 1. The van der Waals surface area contributed by atoms with Crippen molar-refractivity contribution < 1.29 is 17.6 Å². The molecule has 8 heteroatoms. The van der Waals surface area contributed by atoms with E-state index in [1.807, 2.05) is 0 Å². The summed E-state index contributed by atoms with van der Waals surface area (Å²) in [5, 5.41) is 2.75. The van der Waals surface area contributed by atoms with E-state index in [1.165, 1.54) is 19.1 Å². The van der Waals surface area contributed by atoms with Crippen molar-refractivity contribution in [2.45, 2.75) is 38.5 Å². The van der Waals surface area contributed by atoms with Crippen LogP contribution < -0.4 is 9.62 Å². The maximum atomic E-state index is 13.1. The summed E-state index contributed by atoms with van der Waals surface area (Å²) in [5.41, 5.74) is 0.255. The number of anilines is 1. The monoisotopic (exact) mass is 376 g/mol. The molecule has 1 amide bonds. The van der Waals surface area contributed by atoms with Crippen LogP contribution in [0.2, 0.25) is 0 Å². The normalized spacial score (nSPS) is 13.4. The van der Waals surface area contributed by atoms with E-state index < -0.39 is 21.9 Å². The third kappa shape index (κ3) is 6.68. The molecule has 0 aromatic heterocycles. The molecule has 1 aromatic rings. The predicted octanol–water partition coefficient (Wildman–Crippen LogP) is 2.63. The molecule has 136 valence electrons. The van der Waals surface area contributed by atoms with Crippen molar-refractivity contribution in [2.24, 2.45) is 0 Å². The van der Waals surface area contributed by atoms with Crippen molar-refractivity contribution in [3.05, 3.63) is 30.1 Å². The first-order chi connectivity index (χ1) is 10.9. The van der Waals surface area contributed by atoms with Gasteiger partial charge < -0.3 is 5.32 Å². The van der Waals surface area contributed by atoms with Gasteiger partial charge in [0, 0.05) is 17.0 Å². The lowest BCUT2D eigenvalue weighted by Gasteiger charge is -2.28. The van der Waals surface area contributed by atoms with Crippen LogP contribution in [0.1, 0.15) is 27.7 Å². The molecule has 0 spiro atoms. The van der Waals surface area contributed by atoms with Gasteiger partial charge in [0.25, 0.3) is 0 Å². The van der Waals surface area contributed by atoms with Gasteiger partial charge in [-0.15, -0.1) is 0 Å². The molecule has 5 nitrogen and oxygen atoms in total. The van der Waals surface area contributed by atoms with E-state index in [4.69, 9.17) is 0 Å². The fraction of sp³-hybridized carbons (Fsp3) is 0.562. The van der Waals surface area contributed by atoms with Crippen LogP contribution in [0.4, 0.5) is 10.1 Å². The van der Waals surface area contributed by atoms with Gasteiger partial charge in [-0.2, -0.15) is 11.8 Å². The lowest BCUT2D eigenvalue weighted by atomic mass is 10.2. The van der Waals surface area contributed by atoms with E-state index in [2.05, 4.69) is 26.1 Å². The molecule has 0 aliphatic rings. The van der Waals surface area contributed by atoms with E-state index in [9.17, 15) is 17.6 Å². The lowest BCUT2D eigenvalue weighted by Crippen LogP contribution is -2.48. The summed E-state index contributed by atoms with van der Waals surface area (Å²) in [6.45, 7) is 8.22. The van der Waals surface area contributed by atoms with Gasteiger partial charge in [0.15, 0.2) is 0 Å². The average molecular weight is 377 g/mol. The van der Waals surface area contributed by atoms with Crippen LogP contribution in [0.5, 0.6) is 0 Å². The summed E-state index contributed by atoms with van der Waals surface area (Å²) in [7, 11) is -3.68. The number of rotatable bonds is 7. The van der Waals surface area contributed by atoms with E-state index >= 15 is 0 Å². The Morgan fingerprint density at radius 3 is 2.29 bits per heavy atom. The highest BCUT2D eigenvalue weighted by Crippen LogP contribution is 2.23. The van der Waals surface area contributed by atoms with Crippen molar-refractivity contribution in [3.8, 4) is 0 Å². The molecule has 0 saturated heterocycles. The predicted molar refractivity (Wildman–Crippen MR) is 98.4 cm³/mol. The largest absolute Gasteiger partial charge is 0.353 e. The molecule has 24 heavy (non-hydrogen) atoms. The molecule has 1 rings (SSSR count). The number of hydrogen-bond donors (Lipinski definition) is 1. The third-order valence-electron chi connectivity index (χ3n) is 3.11. The van der Waals surface area contributed by atoms with Gasteiger partial charge >= 0.3 is 0 Å². The van der Waals surface area contributed by atoms with Gasteiger partial charge in [-0.25, -0.2) is 12.8 Å². The SMILES string of the molecule is C[C@@H](C(=O)NCCSC(C)(C)C)N(c1ccc(F)cc1)S(C)(=O)=O. The van der Waals surface area contributed by atoms with Crippen molar-refractivity contribution in [2.75, 3.05) is 22.9 Å². The topological polar surface area (TPSA) is 66.5 Å². The number of nitrogens with zero attached hydrogens (tertiary/aromatic N) is 1. The average Bonchev–Trinajstić information content (AvgIpc) is 2.43. The number of benzene rings is 1. The Balaban J connectivity index is 2.80. The zero-order valence-corrected chi connectivity index (χ0v) is 16.3. The molecule has 0 aliphatic heterocycles. The van der Waals surface area contributed by atoms with Crippen molar-refractivity contribution in [1.29, 1.82) is 0 Å². The second kappa shape index (κ2) is 8.20. The highest BCUT2D eigenvalue weighted by molar-refractivity contribution is 8.00. The highest BCUT2D eigenvalue weighted by atomic mass is 32.2. The molecule has 0 saturated carbocycles. The zero-order valence-electron chi connectivity index (χ0n) is 14.7. The number of halogens is 1. The Hall–Kier alpha value is -1.28. The first-order valence-electron chi connectivity index (χ1n) is 7.58. The van der Waals surface area contributed by atoms with Gasteiger partial charge in [-0.05, 0) is 31.2 Å². The Bertz CT molecular complexity index is 655.